The van der Waals surface area contributed by atoms with Gasteiger partial charge in [-0.15, -0.1) is 0 Å². The van der Waals surface area contributed by atoms with Crippen LogP contribution < -0.4 is 5.43 Å². The van der Waals surface area contributed by atoms with Crippen molar-refractivity contribution in [1.29, 1.82) is 0 Å². The summed E-state index contributed by atoms with van der Waals surface area (Å²) in [5, 5.41) is 3.69. The molecule has 3 rings (SSSR count). The van der Waals surface area contributed by atoms with Gasteiger partial charge in [-0.05, 0) is 30.1 Å². The molecule has 0 radical (unpaired) electrons. The van der Waals surface area contributed by atoms with Gasteiger partial charge in [-0.2, -0.15) is 5.10 Å². The van der Waals surface area contributed by atoms with Gasteiger partial charge in [-0.25, -0.2) is 10.2 Å². The van der Waals surface area contributed by atoms with Gasteiger partial charge in [0.25, 0.3) is 5.91 Å². The molecule has 2 aliphatic heterocycles. The van der Waals surface area contributed by atoms with E-state index in [1.807, 2.05) is 4.90 Å². The molecule has 1 saturated heterocycles. The third kappa shape index (κ3) is 3.44. The zero-order valence-corrected chi connectivity index (χ0v) is 14.6. The minimum atomic E-state index is -0.628. The van der Waals surface area contributed by atoms with E-state index in [0.29, 0.717) is 0 Å². The molecular formula is C17H25N3O4. The number of nitrogens with zero attached hydrogens (tertiary/aromatic N) is 2. The van der Waals surface area contributed by atoms with Crippen LogP contribution in [0.1, 0.15) is 52.9 Å². The highest BCUT2D eigenvalue weighted by atomic mass is 16.5. The van der Waals surface area contributed by atoms with Crippen molar-refractivity contribution < 1.29 is 19.1 Å². The van der Waals surface area contributed by atoms with Gasteiger partial charge >= 0.3 is 5.97 Å². The van der Waals surface area contributed by atoms with E-state index in [9.17, 15) is 14.4 Å². The molecule has 1 aliphatic carbocycles. The minimum absolute atomic E-state index is 0.143. The molecular weight excluding hydrogens is 310 g/mol. The van der Waals surface area contributed by atoms with Crippen LogP contribution in [0.25, 0.3) is 0 Å². The molecule has 24 heavy (non-hydrogen) atoms. The average molecular weight is 335 g/mol. The maximum atomic E-state index is 12.5. The van der Waals surface area contributed by atoms with Crippen LogP contribution in [0.5, 0.6) is 0 Å². The van der Waals surface area contributed by atoms with Crippen molar-refractivity contribution in [3.05, 3.63) is 0 Å². The minimum Gasteiger partial charge on any atom is -0.451 e. The lowest BCUT2D eigenvalue weighted by Gasteiger charge is -2.39. The first-order valence-electron chi connectivity index (χ1n) is 8.50. The highest BCUT2D eigenvalue weighted by molar-refractivity contribution is 6.37. The third-order valence-corrected chi connectivity index (χ3v) is 5.20. The lowest BCUT2D eigenvalue weighted by Crippen LogP contribution is -2.40. The van der Waals surface area contributed by atoms with Gasteiger partial charge in [0.05, 0.1) is 0 Å². The van der Waals surface area contributed by atoms with E-state index in [2.05, 4.69) is 31.3 Å². The van der Waals surface area contributed by atoms with Crippen molar-refractivity contribution in [1.82, 2.24) is 10.3 Å². The number of nitrogens with one attached hydrogen (secondary N) is 1. The van der Waals surface area contributed by atoms with E-state index in [1.165, 1.54) is 0 Å². The first kappa shape index (κ1) is 16.9. The summed E-state index contributed by atoms with van der Waals surface area (Å²) in [4.78, 5) is 37.4. The maximum absolute atomic E-state index is 12.5. The van der Waals surface area contributed by atoms with Gasteiger partial charge in [0, 0.05) is 25.4 Å². The molecule has 7 heteroatoms. The Labute approximate surface area is 141 Å². The second kappa shape index (κ2) is 5.86. The summed E-state index contributed by atoms with van der Waals surface area (Å²) in [6, 6.07) is 0.233. The number of carbonyl (C=O) groups is 3. The summed E-state index contributed by atoms with van der Waals surface area (Å²) >= 11 is 0. The molecule has 2 fully saturated rings. The summed E-state index contributed by atoms with van der Waals surface area (Å²) in [5.74, 6) is -0.991. The molecule has 2 amide bonds. The van der Waals surface area contributed by atoms with Crippen LogP contribution in [0, 0.1) is 10.8 Å². The molecule has 2 unspecified atom stereocenters. The Morgan fingerprint density at radius 2 is 2.04 bits per heavy atom. The molecule has 7 nitrogen and oxygen atoms in total. The van der Waals surface area contributed by atoms with Crippen molar-refractivity contribution in [2.45, 2.75) is 58.9 Å². The Balaban J connectivity index is 1.56. The van der Waals surface area contributed by atoms with Crippen LogP contribution in [0.3, 0.4) is 0 Å². The number of hydrogen-bond donors (Lipinski definition) is 1. The van der Waals surface area contributed by atoms with Gasteiger partial charge < -0.3 is 9.64 Å². The summed E-state index contributed by atoms with van der Waals surface area (Å²) in [7, 11) is 0. The Kier molecular flexibility index (Phi) is 4.13. The summed E-state index contributed by atoms with van der Waals surface area (Å²) in [6.07, 6.45) is 3.58. The fraction of sp³-hybridized carbons (Fsp3) is 0.765. The number of rotatable bonds is 3. The topological polar surface area (TPSA) is 88.1 Å². The quantitative estimate of drug-likeness (QED) is 0.786. The number of hydrogen-bond acceptors (Lipinski definition) is 5. The van der Waals surface area contributed by atoms with Gasteiger partial charge in [0.1, 0.15) is 5.71 Å². The fourth-order valence-electron chi connectivity index (χ4n) is 4.67. The number of fused-ring (bicyclic) bond motifs is 2. The molecule has 0 spiro atoms. The summed E-state index contributed by atoms with van der Waals surface area (Å²) < 4.78 is 5.11. The van der Waals surface area contributed by atoms with E-state index < -0.39 is 5.97 Å². The normalized spacial score (nSPS) is 31.3. The van der Waals surface area contributed by atoms with Crippen molar-refractivity contribution in [3.8, 4) is 0 Å². The van der Waals surface area contributed by atoms with Gasteiger partial charge in [0.2, 0.25) is 5.91 Å². The Bertz CT molecular complexity index is 613. The van der Waals surface area contributed by atoms with E-state index in [-0.39, 0.29) is 53.8 Å². The Hall–Kier alpha value is -1.92. The van der Waals surface area contributed by atoms with Crippen molar-refractivity contribution >= 4 is 23.5 Å². The van der Waals surface area contributed by atoms with Gasteiger partial charge in [0.15, 0.2) is 6.61 Å². The lowest BCUT2D eigenvalue weighted by molar-refractivity contribution is -0.147. The number of hydrazone groups is 1. The second-order valence-electron chi connectivity index (χ2n) is 8.40. The van der Waals surface area contributed by atoms with Crippen molar-refractivity contribution in [2.75, 3.05) is 13.2 Å². The standard InChI is InChI=1S/C17H25N3O4/c1-16(2)6-11-7-17(3,9-16)10-20(11)14(22)8-24-15(23)12-4-5-13(21)19-18-12/h11H,4-10H2,1-3H3,(H,19,21). The number of ether oxygens (including phenoxy) is 1. The van der Waals surface area contributed by atoms with Crippen LogP contribution >= 0.6 is 0 Å². The van der Waals surface area contributed by atoms with E-state index in [1.54, 1.807) is 0 Å². The molecule has 132 valence electrons. The molecule has 0 aromatic heterocycles. The molecule has 1 N–H and O–H groups in total. The van der Waals surface area contributed by atoms with E-state index in [0.717, 1.165) is 25.8 Å². The SMILES string of the molecule is CC1(C)CC2CC(C)(CN2C(=O)COC(=O)C2=NNC(=O)CC2)C1. The largest absolute Gasteiger partial charge is 0.451 e. The highest BCUT2D eigenvalue weighted by Gasteiger charge is 2.50. The average Bonchev–Trinajstić information content (AvgIpc) is 2.74. The van der Waals surface area contributed by atoms with Gasteiger partial charge in [-0.3, -0.25) is 9.59 Å². The molecule has 2 heterocycles. The molecule has 1 saturated carbocycles. The molecule has 0 aromatic carbocycles. The van der Waals surface area contributed by atoms with Crippen LogP contribution in [-0.4, -0.2) is 47.6 Å². The second-order valence-corrected chi connectivity index (χ2v) is 8.40. The van der Waals surface area contributed by atoms with Crippen molar-refractivity contribution in [2.24, 2.45) is 15.9 Å². The molecule has 2 atom stereocenters. The van der Waals surface area contributed by atoms with E-state index in [4.69, 9.17) is 4.74 Å². The zero-order chi connectivity index (χ0) is 17.5. The molecule has 3 aliphatic rings. The monoisotopic (exact) mass is 335 g/mol. The van der Waals surface area contributed by atoms with Crippen LogP contribution in [0.15, 0.2) is 5.10 Å². The molecule has 2 bridgehead atoms. The Morgan fingerprint density at radius 3 is 2.71 bits per heavy atom. The predicted octanol–water partition coefficient (Wildman–Crippen LogP) is 1.22. The van der Waals surface area contributed by atoms with Gasteiger partial charge in [-0.1, -0.05) is 20.8 Å². The lowest BCUT2D eigenvalue weighted by atomic mass is 9.65. The van der Waals surface area contributed by atoms with Crippen LogP contribution in [0.2, 0.25) is 0 Å². The van der Waals surface area contributed by atoms with Crippen LogP contribution in [-0.2, 0) is 19.1 Å². The predicted molar refractivity (Wildman–Crippen MR) is 87.0 cm³/mol. The number of esters is 1. The van der Waals surface area contributed by atoms with Crippen molar-refractivity contribution in [3.63, 3.8) is 0 Å². The number of carbonyl (C=O) groups excluding carboxylic acids is 3. The molecule has 0 aromatic rings. The summed E-state index contributed by atoms with van der Waals surface area (Å²) in [5.41, 5.74) is 2.81. The first-order valence-corrected chi connectivity index (χ1v) is 8.50. The number of amides is 2. The maximum Gasteiger partial charge on any atom is 0.355 e. The zero-order valence-electron chi connectivity index (χ0n) is 14.6. The van der Waals surface area contributed by atoms with Crippen LogP contribution in [0.4, 0.5) is 0 Å². The first-order chi connectivity index (χ1) is 11.2. The fourth-order valence-corrected chi connectivity index (χ4v) is 4.67. The third-order valence-electron chi connectivity index (χ3n) is 5.20. The highest BCUT2D eigenvalue weighted by Crippen LogP contribution is 2.52. The van der Waals surface area contributed by atoms with E-state index >= 15 is 0 Å². The Morgan fingerprint density at radius 1 is 1.29 bits per heavy atom. The summed E-state index contributed by atoms with van der Waals surface area (Å²) in [6.45, 7) is 7.20. The smallest absolute Gasteiger partial charge is 0.355 e. The number of likely N-dealkylation sites (tertiary alicyclic amines) is 1.